The van der Waals surface area contributed by atoms with E-state index in [1.807, 2.05) is 49.5 Å². The molecule has 0 saturated heterocycles. The summed E-state index contributed by atoms with van der Waals surface area (Å²) in [6.07, 6.45) is 0. The highest BCUT2D eigenvalue weighted by atomic mass is 32.1. The molecule has 1 N–H and O–H groups in total. The van der Waals surface area contributed by atoms with Crippen LogP contribution in [0.15, 0.2) is 53.9 Å². The van der Waals surface area contributed by atoms with Crippen molar-refractivity contribution in [2.75, 3.05) is 23.8 Å². The Morgan fingerprint density at radius 1 is 1.14 bits per heavy atom. The van der Waals surface area contributed by atoms with Crippen LogP contribution in [0.2, 0.25) is 0 Å². The third kappa shape index (κ3) is 2.97. The van der Waals surface area contributed by atoms with Crippen molar-refractivity contribution >= 4 is 38.7 Å². The minimum atomic E-state index is -0.0831. The van der Waals surface area contributed by atoms with E-state index in [0.717, 1.165) is 23.3 Å². The van der Waals surface area contributed by atoms with E-state index in [0.29, 0.717) is 5.56 Å². The van der Waals surface area contributed by atoms with E-state index in [-0.39, 0.29) is 5.91 Å². The van der Waals surface area contributed by atoms with Gasteiger partial charge in [-0.2, -0.15) is 0 Å². The van der Waals surface area contributed by atoms with Gasteiger partial charge in [0.25, 0.3) is 5.91 Å². The Morgan fingerprint density at radius 3 is 2.64 bits per heavy atom. The number of hydrogen-bond acceptors (Lipinski definition) is 3. The Kier molecular flexibility index (Phi) is 4.11. The van der Waals surface area contributed by atoms with Gasteiger partial charge in [0, 0.05) is 35.2 Å². The van der Waals surface area contributed by atoms with E-state index in [1.165, 1.54) is 4.70 Å². The average Bonchev–Trinajstić information content (AvgIpc) is 3.02. The van der Waals surface area contributed by atoms with Gasteiger partial charge >= 0.3 is 0 Å². The predicted molar refractivity (Wildman–Crippen MR) is 95.2 cm³/mol. The number of nitrogens with one attached hydrogen (secondary N) is 1. The molecule has 1 aromatic heterocycles. The minimum absolute atomic E-state index is 0.0831. The molecular weight excluding hydrogens is 292 g/mol. The molecule has 3 nitrogen and oxygen atoms in total. The Morgan fingerprint density at radius 2 is 1.91 bits per heavy atom. The lowest BCUT2D eigenvalue weighted by atomic mass is 10.1. The van der Waals surface area contributed by atoms with Crippen LogP contribution >= 0.6 is 11.3 Å². The second kappa shape index (κ2) is 6.20. The summed E-state index contributed by atoms with van der Waals surface area (Å²) < 4.78 is 1.23. The number of carbonyl (C=O) groups excluding carboxylic acids is 1. The maximum Gasteiger partial charge on any atom is 0.255 e. The number of nitrogens with zero attached hydrogens (tertiary/aromatic N) is 1. The molecule has 4 heteroatoms. The van der Waals surface area contributed by atoms with Crippen LogP contribution in [0.3, 0.4) is 0 Å². The predicted octanol–water partition coefficient (Wildman–Crippen LogP) is 4.61. The number of fused-ring (bicyclic) bond motifs is 1. The van der Waals surface area contributed by atoms with Gasteiger partial charge in [0.2, 0.25) is 0 Å². The Labute approximate surface area is 134 Å². The number of amides is 1. The summed E-state index contributed by atoms with van der Waals surface area (Å²) >= 11 is 1.70. The van der Waals surface area contributed by atoms with E-state index in [1.54, 1.807) is 11.3 Å². The third-order valence-electron chi connectivity index (χ3n) is 3.75. The molecule has 0 bridgehead atoms. The Bertz CT molecular complexity index is 792. The molecule has 22 heavy (non-hydrogen) atoms. The monoisotopic (exact) mass is 310 g/mol. The molecule has 0 saturated carbocycles. The highest BCUT2D eigenvalue weighted by Crippen LogP contribution is 2.24. The minimum Gasteiger partial charge on any atom is -0.375 e. The first-order valence-corrected chi connectivity index (χ1v) is 8.15. The second-order valence-corrected chi connectivity index (χ2v) is 6.14. The van der Waals surface area contributed by atoms with Gasteiger partial charge < -0.3 is 10.2 Å². The maximum atomic E-state index is 12.3. The van der Waals surface area contributed by atoms with Crippen LogP contribution in [0.25, 0.3) is 10.1 Å². The topological polar surface area (TPSA) is 32.3 Å². The summed E-state index contributed by atoms with van der Waals surface area (Å²) in [5, 5.41) is 6.16. The van der Waals surface area contributed by atoms with Gasteiger partial charge in [-0.1, -0.05) is 0 Å². The van der Waals surface area contributed by atoms with Crippen molar-refractivity contribution in [1.29, 1.82) is 0 Å². The van der Waals surface area contributed by atoms with Gasteiger partial charge in [0.1, 0.15) is 0 Å². The van der Waals surface area contributed by atoms with Crippen LogP contribution in [0.5, 0.6) is 0 Å². The van der Waals surface area contributed by atoms with Crippen molar-refractivity contribution in [2.45, 2.75) is 6.92 Å². The summed E-state index contributed by atoms with van der Waals surface area (Å²) in [6, 6.07) is 15.7. The third-order valence-corrected chi connectivity index (χ3v) is 4.65. The van der Waals surface area contributed by atoms with Crippen LogP contribution < -0.4 is 10.2 Å². The Hall–Kier alpha value is -2.33. The second-order valence-electron chi connectivity index (χ2n) is 5.19. The van der Waals surface area contributed by atoms with Gasteiger partial charge in [0.05, 0.1) is 0 Å². The number of carbonyl (C=O) groups is 1. The average molecular weight is 310 g/mol. The number of hydrogen-bond donors (Lipinski definition) is 1. The first-order valence-electron chi connectivity index (χ1n) is 7.27. The number of benzene rings is 2. The zero-order valence-corrected chi connectivity index (χ0v) is 13.5. The molecule has 1 heterocycles. The molecule has 0 unspecified atom stereocenters. The van der Waals surface area contributed by atoms with Gasteiger partial charge in [-0.25, -0.2) is 0 Å². The van der Waals surface area contributed by atoms with Crippen LogP contribution in [0.4, 0.5) is 11.4 Å². The van der Waals surface area contributed by atoms with Crippen LogP contribution in [0, 0.1) is 0 Å². The van der Waals surface area contributed by atoms with E-state index in [4.69, 9.17) is 0 Å². The summed E-state index contributed by atoms with van der Waals surface area (Å²) in [5.74, 6) is -0.0831. The molecule has 1 amide bonds. The van der Waals surface area contributed by atoms with Crippen molar-refractivity contribution in [3.05, 3.63) is 59.5 Å². The summed E-state index contributed by atoms with van der Waals surface area (Å²) in [4.78, 5) is 14.4. The summed E-state index contributed by atoms with van der Waals surface area (Å²) in [7, 11) is 2.03. The molecule has 3 rings (SSSR count). The highest BCUT2D eigenvalue weighted by molar-refractivity contribution is 7.17. The highest BCUT2D eigenvalue weighted by Gasteiger charge is 2.07. The van der Waals surface area contributed by atoms with Gasteiger partial charge in [-0.3, -0.25) is 4.79 Å². The molecule has 0 aliphatic heterocycles. The lowest BCUT2D eigenvalue weighted by molar-refractivity contribution is 0.102. The van der Waals surface area contributed by atoms with Gasteiger partial charge in [0.15, 0.2) is 0 Å². The normalized spacial score (nSPS) is 10.6. The summed E-state index contributed by atoms with van der Waals surface area (Å²) in [5.41, 5.74) is 2.60. The van der Waals surface area contributed by atoms with Crippen molar-refractivity contribution in [3.8, 4) is 0 Å². The molecule has 0 fully saturated rings. The van der Waals surface area contributed by atoms with Crippen molar-refractivity contribution in [1.82, 2.24) is 0 Å². The molecule has 0 aliphatic carbocycles. The first-order chi connectivity index (χ1) is 10.7. The lowest BCUT2D eigenvalue weighted by Crippen LogP contribution is -2.16. The van der Waals surface area contributed by atoms with Crippen LogP contribution in [0.1, 0.15) is 17.3 Å². The quantitative estimate of drug-likeness (QED) is 0.763. The summed E-state index contributed by atoms with van der Waals surface area (Å²) in [6.45, 7) is 3.04. The molecular formula is C18H18N2OS. The molecule has 2 aromatic carbocycles. The van der Waals surface area contributed by atoms with E-state index in [2.05, 4.69) is 28.6 Å². The molecule has 3 aromatic rings. The van der Waals surface area contributed by atoms with Crippen LogP contribution in [-0.4, -0.2) is 19.5 Å². The lowest BCUT2D eigenvalue weighted by Gasteiger charge is -2.16. The van der Waals surface area contributed by atoms with Crippen molar-refractivity contribution in [2.24, 2.45) is 0 Å². The fraction of sp³-hybridized carbons (Fsp3) is 0.167. The number of thiophene rings is 1. The molecule has 0 aliphatic rings. The van der Waals surface area contributed by atoms with E-state index >= 15 is 0 Å². The van der Waals surface area contributed by atoms with Crippen LogP contribution in [-0.2, 0) is 0 Å². The van der Waals surface area contributed by atoms with Crippen molar-refractivity contribution < 1.29 is 4.79 Å². The zero-order valence-electron chi connectivity index (χ0n) is 12.7. The smallest absolute Gasteiger partial charge is 0.255 e. The zero-order chi connectivity index (χ0) is 15.5. The molecule has 112 valence electrons. The molecule has 0 radical (unpaired) electrons. The van der Waals surface area contributed by atoms with Gasteiger partial charge in [-0.05, 0) is 66.2 Å². The first kappa shape index (κ1) is 14.6. The standard InChI is InChI=1S/C18H18N2OS/c1-3-20(2)16-7-4-13(5-8-16)18(21)19-15-6-9-17-14(12-15)10-11-22-17/h4-12H,3H2,1-2H3,(H,19,21). The fourth-order valence-electron chi connectivity index (χ4n) is 2.30. The maximum absolute atomic E-state index is 12.3. The number of anilines is 2. The molecule has 0 spiro atoms. The van der Waals surface area contributed by atoms with E-state index in [9.17, 15) is 4.79 Å². The van der Waals surface area contributed by atoms with E-state index < -0.39 is 0 Å². The molecule has 0 atom stereocenters. The Balaban J connectivity index is 1.75. The fourth-order valence-corrected chi connectivity index (χ4v) is 3.07. The largest absolute Gasteiger partial charge is 0.375 e. The number of rotatable bonds is 4. The SMILES string of the molecule is CCN(C)c1ccc(C(=O)Nc2ccc3sccc3c2)cc1. The van der Waals surface area contributed by atoms with Gasteiger partial charge in [-0.15, -0.1) is 11.3 Å². The van der Waals surface area contributed by atoms with Crippen molar-refractivity contribution in [3.63, 3.8) is 0 Å².